The Morgan fingerprint density at radius 2 is 1.75 bits per heavy atom. The fourth-order valence-electron chi connectivity index (χ4n) is 2.72. The van der Waals surface area contributed by atoms with Crippen LogP contribution < -0.4 is 0 Å². The van der Waals surface area contributed by atoms with Gasteiger partial charge in [0.2, 0.25) is 0 Å². The van der Waals surface area contributed by atoms with E-state index in [0.717, 1.165) is 31.5 Å². The smallest absolute Gasteiger partial charge is 0.306 e. The summed E-state index contributed by atoms with van der Waals surface area (Å²) in [7, 11) is 2.02. The van der Waals surface area contributed by atoms with Crippen molar-refractivity contribution in [1.82, 2.24) is 9.80 Å². The maximum atomic E-state index is 12.8. The number of hydrogen-bond acceptors (Lipinski definition) is 2. The van der Waals surface area contributed by atoms with Gasteiger partial charge in [-0.05, 0) is 38.5 Å². The Kier molecular flexibility index (Phi) is 5.05. The van der Waals surface area contributed by atoms with E-state index in [9.17, 15) is 13.2 Å². The van der Waals surface area contributed by atoms with Crippen LogP contribution in [0.15, 0.2) is 30.3 Å². The topological polar surface area (TPSA) is 6.48 Å². The Bertz CT molecular complexity index is 397. The molecule has 2 nitrogen and oxygen atoms in total. The molecule has 1 aliphatic heterocycles. The average Bonchev–Trinajstić information content (AvgIpc) is 2.38. The summed E-state index contributed by atoms with van der Waals surface area (Å²) in [6.07, 6.45) is -2.53. The van der Waals surface area contributed by atoms with Gasteiger partial charge < -0.3 is 4.90 Å². The molecule has 0 amide bonds. The van der Waals surface area contributed by atoms with Gasteiger partial charge in [0.05, 0.1) is 6.54 Å². The van der Waals surface area contributed by atoms with Crippen LogP contribution in [0, 0.1) is 0 Å². The van der Waals surface area contributed by atoms with Crippen LogP contribution in [0.5, 0.6) is 0 Å². The lowest BCUT2D eigenvalue weighted by atomic mass is 10.0. The van der Waals surface area contributed by atoms with Crippen LogP contribution in [0.3, 0.4) is 0 Å². The zero-order valence-corrected chi connectivity index (χ0v) is 11.7. The molecule has 1 fully saturated rings. The Labute approximate surface area is 118 Å². The van der Waals surface area contributed by atoms with Crippen LogP contribution in [0.25, 0.3) is 0 Å². The zero-order chi connectivity index (χ0) is 14.6. The van der Waals surface area contributed by atoms with Crippen molar-refractivity contribution in [2.75, 3.05) is 26.7 Å². The van der Waals surface area contributed by atoms with E-state index in [1.165, 1.54) is 0 Å². The lowest BCUT2D eigenvalue weighted by Crippen LogP contribution is -2.46. The summed E-state index contributed by atoms with van der Waals surface area (Å²) in [4.78, 5) is 3.76. The fraction of sp³-hybridized carbons (Fsp3) is 0.600. The maximum absolute atomic E-state index is 12.8. The van der Waals surface area contributed by atoms with Crippen molar-refractivity contribution in [3.8, 4) is 0 Å². The highest BCUT2D eigenvalue weighted by Crippen LogP contribution is 2.24. The summed E-state index contributed by atoms with van der Waals surface area (Å²) in [6, 6.07) is 9.42. The predicted molar refractivity (Wildman–Crippen MR) is 73.4 cm³/mol. The van der Waals surface area contributed by atoms with Gasteiger partial charge in [-0.2, -0.15) is 13.2 Å². The highest BCUT2D eigenvalue weighted by molar-refractivity contribution is 5.14. The van der Waals surface area contributed by atoms with Crippen molar-refractivity contribution >= 4 is 0 Å². The molecule has 0 spiro atoms. The van der Waals surface area contributed by atoms with Gasteiger partial charge in [0, 0.05) is 12.6 Å². The number of likely N-dealkylation sites (tertiary alicyclic amines) is 1. The first-order valence-corrected chi connectivity index (χ1v) is 6.97. The van der Waals surface area contributed by atoms with Crippen LogP contribution in [0.2, 0.25) is 0 Å². The monoisotopic (exact) mass is 286 g/mol. The molecule has 0 bridgehead atoms. The van der Waals surface area contributed by atoms with Crippen molar-refractivity contribution in [2.24, 2.45) is 0 Å². The van der Waals surface area contributed by atoms with Crippen LogP contribution >= 0.6 is 0 Å². The molecule has 0 unspecified atom stereocenters. The summed E-state index contributed by atoms with van der Waals surface area (Å²) >= 11 is 0. The summed E-state index contributed by atoms with van der Waals surface area (Å²) < 4.78 is 38.4. The largest absolute Gasteiger partial charge is 0.401 e. The minimum absolute atomic E-state index is 0.0213. The summed E-state index contributed by atoms with van der Waals surface area (Å²) in [5.41, 5.74) is 0.940. The molecule has 1 aromatic carbocycles. The van der Waals surface area contributed by atoms with Crippen LogP contribution in [0.4, 0.5) is 13.2 Å². The van der Waals surface area contributed by atoms with Crippen molar-refractivity contribution in [2.45, 2.75) is 31.6 Å². The number of hydrogen-bond donors (Lipinski definition) is 0. The molecule has 5 heteroatoms. The first kappa shape index (κ1) is 15.3. The van der Waals surface area contributed by atoms with Crippen molar-refractivity contribution < 1.29 is 13.2 Å². The van der Waals surface area contributed by atoms with E-state index in [4.69, 9.17) is 0 Å². The third kappa shape index (κ3) is 4.80. The number of piperidine rings is 1. The number of rotatable bonds is 4. The molecule has 112 valence electrons. The minimum Gasteiger partial charge on any atom is -0.306 e. The standard InChI is InChI=1S/C15H21F3N2/c1-19-9-7-14(8-10-19)20(12-15(16,17)18)11-13-5-3-2-4-6-13/h2-6,14H,7-12H2,1H3. The number of benzene rings is 1. The molecular formula is C15H21F3N2. The Morgan fingerprint density at radius 3 is 2.30 bits per heavy atom. The van der Waals surface area contributed by atoms with E-state index in [1.807, 2.05) is 37.4 Å². The highest BCUT2D eigenvalue weighted by Gasteiger charge is 2.34. The van der Waals surface area contributed by atoms with Gasteiger partial charge in [-0.1, -0.05) is 30.3 Å². The zero-order valence-electron chi connectivity index (χ0n) is 11.7. The summed E-state index contributed by atoms with van der Waals surface area (Å²) in [6.45, 7) is 1.28. The molecule has 20 heavy (non-hydrogen) atoms. The van der Waals surface area contributed by atoms with Crippen molar-refractivity contribution in [3.05, 3.63) is 35.9 Å². The molecule has 0 aromatic heterocycles. The minimum atomic E-state index is -4.14. The van der Waals surface area contributed by atoms with Gasteiger partial charge in [0.25, 0.3) is 0 Å². The van der Waals surface area contributed by atoms with Crippen molar-refractivity contribution in [1.29, 1.82) is 0 Å². The third-order valence-electron chi connectivity index (χ3n) is 3.82. The molecule has 1 saturated heterocycles. The third-order valence-corrected chi connectivity index (χ3v) is 3.82. The molecular weight excluding hydrogens is 265 g/mol. The van der Waals surface area contributed by atoms with Gasteiger partial charge in [0.1, 0.15) is 0 Å². The SMILES string of the molecule is CN1CCC(N(Cc2ccccc2)CC(F)(F)F)CC1. The second-order valence-electron chi connectivity index (χ2n) is 5.54. The number of nitrogens with zero attached hydrogens (tertiary/aromatic N) is 2. The Morgan fingerprint density at radius 1 is 1.15 bits per heavy atom. The molecule has 1 heterocycles. The molecule has 0 saturated carbocycles. The van der Waals surface area contributed by atoms with E-state index in [2.05, 4.69) is 4.90 Å². The fourth-order valence-corrected chi connectivity index (χ4v) is 2.72. The van der Waals surface area contributed by atoms with Crippen LogP contribution in [-0.4, -0.2) is 48.7 Å². The number of alkyl halides is 3. The van der Waals surface area contributed by atoms with Crippen LogP contribution in [-0.2, 0) is 6.54 Å². The number of halogens is 3. The van der Waals surface area contributed by atoms with E-state index < -0.39 is 12.7 Å². The van der Waals surface area contributed by atoms with Gasteiger partial charge in [-0.25, -0.2) is 0 Å². The molecule has 0 N–H and O–H groups in total. The van der Waals surface area contributed by atoms with E-state index in [-0.39, 0.29) is 6.04 Å². The predicted octanol–water partition coefficient (Wildman–Crippen LogP) is 3.15. The lowest BCUT2D eigenvalue weighted by Gasteiger charge is -2.37. The first-order valence-electron chi connectivity index (χ1n) is 6.97. The van der Waals surface area contributed by atoms with E-state index >= 15 is 0 Å². The van der Waals surface area contributed by atoms with E-state index in [1.54, 1.807) is 4.90 Å². The summed E-state index contributed by atoms with van der Waals surface area (Å²) in [5, 5.41) is 0. The molecule has 0 aliphatic carbocycles. The summed E-state index contributed by atoms with van der Waals surface area (Å²) in [5.74, 6) is 0. The van der Waals surface area contributed by atoms with Crippen LogP contribution in [0.1, 0.15) is 18.4 Å². The van der Waals surface area contributed by atoms with E-state index in [0.29, 0.717) is 6.54 Å². The average molecular weight is 286 g/mol. The molecule has 1 aliphatic rings. The van der Waals surface area contributed by atoms with Gasteiger partial charge in [0.15, 0.2) is 0 Å². The normalized spacial score (nSPS) is 18.6. The quantitative estimate of drug-likeness (QED) is 0.839. The lowest BCUT2D eigenvalue weighted by molar-refractivity contribution is -0.154. The van der Waals surface area contributed by atoms with Gasteiger partial charge in [-0.3, -0.25) is 4.90 Å². The highest BCUT2D eigenvalue weighted by atomic mass is 19.4. The molecule has 2 rings (SSSR count). The van der Waals surface area contributed by atoms with Gasteiger partial charge in [-0.15, -0.1) is 0 Å². The Hall–Kier alpha value is -1.07. The molecule has 0 radical (unpaired) electrons. The first-order chi connectivity index (χ1) is 9.44. The second-order valence-corrected chi connectivity index (χ2v) is 5.54. The van der Waals surface area contributed by atoms with Crippen molar-refractivity contribution in [3.63, 3.8) is 0 Å². The molecule has 0 atom stereocenters. The second kappa shape index (κ2) is 6.59. The van der Waals surface area contributed by atoms with Gasteiger partial charge >= 0.3 is 6.18 Å². The maximum Gasteiger partial charge on any atom is 0.401 e. The Balaban J connectivity index is 2.04. The molecule has 1 aromatic rings.